The molecule has 3 fully saturated rings. The number of halogens is 3. The van der Waals surface area contributed by atoms with Crippen LogP contribution in [0.15, 0.2) is 24.3 Å². The van der Waals surface area contributed by atoms with Crippen LogP contribution in [0, 0.1) is 11.8 Å². The molecule has 2 aliphatic heterocycles. The molecule has 1 N–H and O–H groups in total. The number of ether oxygens (including phenoxy) is 1. The van der Waals surface area contributed by atoms with Crippen molar-refractivity contribution in [1.29, 1.82) is 0 Å². The molecule has 0 radical (unpaired) electrons. The van der Waals surface area contributed by atoms with Gasteiger partial charge in [0.1, 0.15) is 0 Å². The van der Waals surface area contributed by atoms with Gasteiger partial charge in [0.15, 0.2) is 0 Å². The number of likely N-dealkylation sites (tertiary alicyclic amines) is 1. The van der Waals surface area contributed by atoms with Crippen LogP contribution in [-0.2, 0) is 16.3 Å². The molecule has 4 rings (SSSR count). The van der Waals surface area contributed by atoms with Gasteiger partial charge >= 0.3 is 12.2 Å². The first-order chi connectivity index (χ1) is 13.4. The van der Waals surface area contributed by atoms with E-state index in [0.717, 1.165) is 25.1 Å². The summed E-state index contributed by atoms with van der Waals surface area (Å²) in [5.74, 6) is 1.40. The average Bonchev–Trinajstić information content (AvgIpc) is 2.61. The van der Waals surface area contributed by atoms with Crippen LogP contribution in [0.5, 0.6) is 0 Å². The van der Waals surface area contributed by atoms with Crippen molar-refractivity contribution in [2.24, 2.45) is 11.8 Å². The number of urea groups is 1. The summed E-state index contributed by atoms with van der Waals surface area (Å²) in [5.41, 5.74) is -0.539. The summed E-state index contributed by atoms with van der Waals surface area (Å²) in [5, 5.41) is 3.00. The Hall–Kier alpha value is -1.76. The molecular formula is C21H27F3N2O2. The molecule has 0 spiro atoms. The normalized spacial score (nSPS) is 23.0. The number of amides is 2. The van der Waals surface area contributed by atoms with E-state index < -0.39 is 17.2 Å². The van der Waals surface area contributed by atoms with Gasteiger partial charge in [-0.2, -0.15) is 13.2 Å². The highest BCUT2D eigenvalue weighted by Crippen LogP contribution is 2.39. The summed E-state index contributed by atoms with van der Waals surface area (Å²) in [6.45, 7) is 2.91. The van der Waals surface area contributed by atoms with E-state index in [2.05, 4.69) is 5.32 Å². The minimum Gasteiger partial charge on any atom is -0.381 e. The monoisotopic (exact) mass is 396 g/mol. The standard InChI is InChI=1S/C21H27F3N2O2/c22-21(23,24)18-6-2-5-17(11-18)20(7-9-28-10-8-20)14-25-19(27)26-12-16(13-26)15-3-1-4-15/h2,5-6,11,15-16H,1,3-4,7-10,12-14H2,(H,25,27). The fraction of sp³-hybridized carbons (Fsp3) is 0.667. The molecule has 1 aromatic carbocycles. The third-order valence-corrected chi connectivity index (χ3v) is 6.84. The Labute approximate surface area is 163 Å². The maximum Gasteiger partial charge on any atom is 0.416 e. The van der Waals surface area contributed by atoms with Crippen molar-refractivity contribution in [3.8, 4) is 0 Å². The fourth-order valence-corrected chi connectivity index (χ4v) is 4.60. The summed E-state index contributed by atoms with van der Waals surface area (Å²) < 4.78 is 44.9. The zero-order chi connectivity index (χ0) is 19.8. The van der Waals surface area contributed by atoms with Gasteiger partial charge < -0.3 is 15.0 Å². The third kappa shape index (κ3) is 3.86. The number of benzene rings is 1. The van der Waals surface area contributed by atoms with Crippen LogP contribution in [0.2, 0.25) is 0 Å². The molecule has 28 heavy (non-hydrogen) atoms. The number of nitrogens with zero attached hydrogens (tertiary/aromatic N) is 1. The lowest BCUT2D eigenvalue weighted by atomic mass is 9.72. The van der Waals surface area contributed by atoms with Crippen LogP contribution >= 0.6 is 0 Å². The zero-order valence-corrected chi connectivity index (χ0v) is 15.9. The van der Waals surface area contributed by atoms with Crippen LogP contribution < -0.4 is 5.32 Å². The van der Waals surface area contributed by atoms with Gasteiger partial charge in [-0.15, -0.1) is 0 Å². The predicted molar refractivity (Wildman–Crippen MR) is 99.0 cm³/mol. The van der Waals surface area contributed by atoms with E-state index in [1.54, 1.807) is 6.07 Å². The second kappa shape index (κ2) is 7.58. The van der Waals surface area contributed by atoms with Gasteiger partial charge in [0.2, 0.25) is 0 Å². The molecule has 0 atom stereocenters. The molecule has 3 aliphatic rings. The zero-order valence-electron chi connectivity index (χ0n) is 15.9. The maximum absolute atomic E-state index is 13.2. The lowest BCUT2D eigenvalue weighted by Gasteiger charge is -2.47. The van der Waals surface area contributed by atoms with E-state index in [-0.39, 0.29) is 6.03 Å². The molecule has 2 amide bonds. The minimum absolute atomic E-state index is 0.103. The van der Waals surface area contributed by atoms with Gasteiger partial charge in [0, 0.05) is 38.3 Å². The SMILES string of the molecule is O=C(NCC1(c2cccc(C(F)(F)F)c2)CCOCC1)N1CC(C2CCC2)C1. The first-order valence-electron chi connectivity index (χ1n) is 10.2. The van der Waals surface area contributed by atoms with Crippen LogP contribution in [0.25, 0.3) is 0 Å². The molecule has 0 aromatic heterocycles. The Kier molecular flexibility index (Phi) is 5.29. The smallest absolute Gasteiger partial charge is 0.381 e. The van der Waals surface area contributed by atoms with Crippen molar-refractivity contribution in [3.05, 3.63) is 35.4 Å². The van der Waals surface area contributed by atoms with Gasteiger partial charge in [-0.05, 0) is 36.3 Å². The third-order valence-electron chi connectivity index (χ3n) is 6.84. The van der Waals surface area contributed by atoms with Crippen LogP contribution in [0.1, 0.15) is 43.2 Å². The Balaban J connectivity index is 1.42. The van der Waals surface area contributed by atoms with E-state index in [4.69, 9.17) is 4.74 Å². The Morgan fingerprint density at radius 1 is 1.18 bits per heavy atom. The molecule has 7 heteroatoms. The Morgan fingerprint density at radius 3 is 2.50 bits per heavy atom. The number of carbonyl (C=O) groups is 1. The minimum atomic E-state index is -4.38. The summed E-state index contributed by atoms with van der Waals surface area (Å²) in [6.07, 6.45) is 0.672. The Bertz CT molecular complexity index is 706. The molecule has 2 saturated heterocycles. The molecule has 1 saturated carbocycles. The second-order valence-electron chi connectivity index (χ2n) is 8.49. The summed E-state index contributed by atoms with van der Waals surface area (Å²) in [7, 11) is 0. The van der Waals surface area contributed by atoms with Gasteiger partial charge in [-0.25, -0.2) is 4.79 Å². The van der Waals surface area contributed by atoms with E-state index in [1.165, 1.54) is 31.4 Å². The van der Waals surface area contributed by atoms with Gasteiger partial charge in [0.05, 0.1) is 5.56 Å². The number of hydrogen-bond acceptors (Lipinski definition) is 2. The summed E-state index contributed by atoms with van der Waals surface area (Å²) in [6, 6.07) is 5.41. The van der Waals surface area contributed by atoms with Crippen LogP contribution in [-0.4, -0.2) is 43.8 Å². The second-order valence-corrected chi connectivity index (χ2v) is 8.49. The van der Waals surface area contributed by atoms with Crippen molar-refractivity contribution in [3.63, 3.8) is 0 Å². The number of alkyl halides is 3. The number of nitrogens with one attached hydrogen (secondary N) is 1. The van der Waals surface area contributed by atoms with Crippen molar-refractivity contribution < 1.29 is 22.7 Å². The van der Waals surface area contributed by atoms with Crippen molar-refractivity contribution in [2.75, 3.05) is 32.8 Å². The fourth-order valence-electron chi connectivity index (χ4n) is 4.60. The van der Waals surface area contributed by atoms with E-state index in [1.807, 2.05) is 4.90 Å². The topological polar surface area (TPSA) is 41.6 Å². The number of hydrogen-bond donors (Lipinski definition) is 1. The molecule has 4 nitrogen and oxygen atoms in total. The first-order valence-corrected chi connectivity index (χ1v) is 10.2. The molecule has 0 bridgehead atoms. The van der Waals surface area contributed by atoms with E-state index in [9.17, 15) is 18.0 Å². The van der Waals surface area contributed by atoms with Crippen molar-refractivity contribution >= 4 is 6.03 Å². The highest BCUT2D eigenvalue weighted by Gasteiger charge is 2.41. The lowest BCUT2D eigenvalue weighted by molar-refractivity contribution is -0.137. The van der Waals surface area contributed by atoms with Crippen molar-refractivity contribution in [1.82, 2.24) is 10.2 Å². The maximum atomic E-state index is 13.2. The average molecular weight is 396 g/mol. The van der Waals surface area contributed by atoms with Gasteiger partial charge in [0.25, 0.3) is 0 Å². The van der Waals surface area contributed by atoms with Crippen LogP contribution in [0.4, 0.5) is 18.0 Å². The predicted octanol–water partition coefficient (Wildman–Crippen LogP) is 4.20. The Morgan fingerprint density at radius 2 is 1.89 bits per heavy atom. The first kappa shape index (κ1) is 19.6. The largest absolute Gasteiger partial charge is 0.416 e. The summed E-state index contributed by atoms with van der Waals surface area (Å²) >= 11 is 0. The van der Waals surface area contributed by atoms with E-state index >= 15 is 0 Å². The molecule has 154 valence electrons. The summed E-state index contributed by atoms with van der Waals surface area (Å²) in [4.78, 5) is 14.4. The highest BCUT2D eigenvalue weighted by molar-refractivity contribution is 5.75. The molecule has 1 aromatic rings. The number of carbonyl (C=O) groups excluding carboxylic acids is 1. The van der Waals surface area contributed by atoms with Crippen molar-refractivity contribution in [2.45, 2.75) is 43.7 Å². The molecule has 1 aliphatic carbocycles. The van der Waals surface area contributed by atoms with Gasteiger partial charge in [-0.1, -0.05) is 37.5 Å². The quantitative estimate of drug-likeness (QED) is 0.829. The lowest BCUT2D eigenvalue weighted by Crippen LogP contribution is -2.58. The molecule has 2 heterocycles. The number of rotatable bonds is 4. The molecule has 0 unspecified atom stereocenters. The molecular weight excluding hydrogens is 369 g/mol. The van der Waals surface area contributed by atoms with Gasteiger partial charge in [-0.3, -0.25) is 0 Å². The van der Waals surface area contributed by atoms with E-state index in [0.29, 0.717) is 44.1 Å². The highest BCUT2D eigenvalue weighted by atomic mass is 19.4. The van der Waals surface area contributed by atoms with Crippen LogP contribution in [0.3, 0.4) is 0 Å².